The molecule has 0 saturated carbocycles. The first-order chi connectivity index (χ1) is 8.91. The van der Waals surface area contributed by atoms with Crippen molar-refractivity contribution < 1.29 is 26.7 Å². The van der Waals surface area contributed by atoms with E-state index in [1.54, 1.807) is 11.4 Å². The van der Waals surface area contributed by atoms with Crippen LogP contribution in [0, 0.1) is 29.1 Å². The van der Waals surface area contributed by atoms with E-state index in [-0.39, 0.29) is 6.61 Å². The quantitative estimate of drug-likeness (QED) is 0.435. The molecule has 1 heterocycles. The van der Waals surface area contributed by atoms with Gasteiger partial charge < -0.3 is 4.74 Å². The molecule has 0 bridgehead atoms. The first-order valence-corrected chi connectivity index (χ1v) is 6.46. The van der Waals surface area contributed by atoms with Gasteiger partial charge in [0.1, 0.15) is 6.61 Å². The van der Waals surface area contributed by atoms with Gasteiger partial charge in [0.25, 0.3) is 0 Å². The third-order valence-corrected chi connectivity index (χ3v) is 3.82. The summed E-state index contributed by atoms with van der Waals surface area (Å²) in [6.45, 7) is -0.297. The molecule has 1 aromatic carbocycles. The Hall–Kier alpha value is -1.15. The molecule has 0 radical (unpaired) electrons. The summed E-state index contributed by atoms with van der Waals surface area (Å²) in [5, 5.41) is 1.69. The van der Waals surface area contributed by atoms with Crippen molar-refractivity contribution in [3.05, 3.63) is 49.9 Å². The van der Waals surface area contributed by atoms with Crippen molar-refractivity contribution in [2.24, 2.45) is 0 Å². The third-order valence-electron chi connectivity index (χ3n) is 2.15. The number of ether oxygens (including phenoxy) is 1. The molecule has 0 spiro atoms. The van der Waals surface area contributed by atoms with Gasteiger partial charge >= 0.3 is 0 Å². The van der Waals surface area contributed by atoms with Crippen LogP contribution in [-0.2, 0) is 6.61 Å². The minimum Gasteiger partial charge on any atom is -0.482 e. The molecule has 19 heavy (non-hydrogen) atoms. The highest BCUT2D eigenvalue weighted by Crippen LogP contribution is 2.30. The summed E-state index contributed by atoms with van der Waals surface area (Å²) in [4.78, 5) is 0.566. The predicted molar refractivity (Wildman–Crippen MR) is 62.6 cm³/mol. The van der Waals surface area contributed by atoms with Crippen LogP contribution in [-0.4, -0.2) is 0 Å². The number of hydrogen-bond acceptors (Lipinski definition) is 2. The molecule has 8 heteroatoms. The molecule has 2 aromatic rings. The Morgan fingerprint density at radius 2 is 1.47 bits per heavy atom. The Morgan fingerprint density at radius 3 is 1.95 bits per heavy atom. The molecule has 2 rings (SSSR count). The number of hydrogen-bond donors (Lipinski definition) is 0. The molecule has 1 aromatic heterocycles. The number of halogens is 6. The Labute approximate surface area is 116 Å². The van der Waals surface area contributed by atoms with Gasteiger partial charge in [0.15, 0.2) is 5.75 Å². The lowest BCUT2D eigenvalue weighted by atomic mass is 10.2. The van der Waals surface area contributed by atoms with Crippen LogP contribution >= 0.6 is 27.3 Å². The van der Waals surface area contributed by atoms with E-state index in [1.165, 1.54) is 11.3 Å². The van der Waals surface area contributed by atoms with Gasteiger partial charge in [0, 0.05) is 14.7 Å². The standard InChI is InChI=1S/C11H4BrF5OS/c12-4-1-5(19-3-4)2-18-11-9(16)7(14)6(13)8(15)10(11)17/h1,3H,2H2. The van der Waals surface area contributed by atoms with Crippen LogP contribution in [0.15, 0.2) is 15.9 Å². The molecule has 0 aliphatic rings. The lowest BCUT2D eigenvalue weighted by Crippen LogP contribution is -2.06. The number of rotatable bonds is 3. The monoisotopic (exact) mass is 358 g/mol. The second kappa shape index (κ2) is 5.46. The highest BCUT2D eigenvalue weighted by molar-refractivity contribution is 9.10. The number of thiophene rings is 1. The van der Waals surface area contributed by atoms with Crippen LogP contribution in [0.25, 0.3) is 0 Å². The fourth-order valence-electron chi connectivity index (χ4n) is 1.28. The Kier molecular flexibility index (Phi) is 4.10. The van der Waals surface area contributed by atoms with Crippen molar-refractivity contribution in [3.8, 4) is 5.75 Å². The fraction of sp³-hybridized carbons (Fsp3) is 0.0909. The highest BCUT2D eigenvalue weighted by atomic mass is 79.9. The molecule has 0 fully saturated rings. The molecule has 0 unspecified atom stereocenters. The van der Waals surface area contributed by atoms with Crippen LogP contribution in [0.5, 0.6) is 5.75 Å². The van der Waals surface area contributed by atoms with Crippen molar-refractivity contribution in [2.45, 2.75) is 6.61 Å². The number of benzene rings is 1. The summed E-state index contributed by atoms with van der Waals surface area (Å²) in [5.41, 5.74) is 0. The van der Waals surface area contributed by atoms with E-state index < -0.39 is 34.8 Å². The van der Waals surface area contributed by atoms with Gasteiger partial charge in [-0.25, -0.2) is 13.2 Å². The minimum absolute atomic E-state index is 0.297. The van der Waals surface area contributed by atoms with Crippen molar-refractivity contribution in [1.82, 2.24) is 0 Å². The summed E-state index contributed by atoms with van der Waals surface area (Å²) < 4.78 is 70.5. The maximum Gasteiger partial charge on any atom is 0.207 e. The summed E-state index contributed by atoms with van der Waals surface area (Å²) in [6.07, 6.45) is 0. The molecule has 1 nitrogen and oxygen atoms in total. The lowest BCUT2D eigenvalue weighted by Gasteiger charge is -2.09. The van der Waals surface area contributed by atoms with Gasteiger partial charge in [0.2, 0.25) is 29.1 Å². The molecule has 0 aliphatic heterocycles. The SMILES string of the molecule is Fc1c(F)c(F)c(OCc2cc(Br)cs2)c(F)c1F. The van der Waals surface area contributed by atoms with E-state index in [1.807, 2.05) is 0 Å². The maximum atomic E-state index is 13.3. The van der Waals surface area contributed by atoms with E-state index in [0.717, 1.165) is 4.47 Å². The van der Waals surface area contributed by atoms with Gasteiger partial charge in [-0.05, 0) is 22.0 Å². The second-order valence-corrected chi connectivity index (χ2v) is 5.33. The maximum absolute atomic E-state index is 13.3. The smallest absolute Gasteiger partial charge is 0.207 e. The fourth-order valence-corrected chi connectivity index (χ4v) is 2.65. The molecule has 0 atom stereocenters. The predicted octanol–water partition coefficient (Wildman–Crippen LogP) is 4.79. The zero-order valence-corrected chi connectivity index (χ0v) is 11.3. The molecule has 0 amide bonds. The molecule has 102 valence electrons. The molecular formula is C11H4BrF5OS. The normalized spacial score (nSPS) is 10.8. The van der Waals surface area contributed by atoms with Crippen molar-refractivity contribution in [3.63, 3.8) is 0 Å². The van der Waals surface area contributed by atoms with E-state index in [2.05, 4.69) is 20.7 Å². The first-order valence-electron chi connectivity index (χ1n) is 4.79. The minimum atomic E-state index is -2.21. The summed E-state index contributed by atoms with van der Waals surface area (Å²) in [7, 11) is 0. The van der Waals surface area contributed by atoms with Gasteiger partial charge in [0.05, 0.1) is 0 Å². The van der Waals surface area contributed by atoms with E-state index in [4.69, 9.17) is 0 Å². The van der Waals surface area contributed by atoms with Crippen LogP contribution in [0.4, 0.5) is 22.0 Å². The van der Waals surface area contributed by atoms with E-state index in [0.29, 0.717) is 4.88 Å². The van der Waals surface area contributed by atoms with Crippen molar-refractivity contribution in [1.29, 1.82) is 0 Å². The Bertz CT molecular complexity index is 599. The summed E-state index contributed by atoms with van der Waals surface area (Å²) in [6, 6.07) is 1.61. The van der Waals surface area contributed by atoms with Gasteiger partial charge in [-0.3, -0.25) is 0 Å². The van der Waals surface area contributed by atoms with Gasteiger partial charge in [-0.2, -0.15) is 8.78 Å². The van der Waals surface area contributed by atoms with Gasteiger partial charge in [-0.1, -0.05) is 0 Å². The molecule has 0 N–H and O–H groups in total. The van der Waals surface area contributed by atoms with E-state index >= 15 is 0 Å². The van der Waals surface area contributed by atoms with Crippen LogP contribution in [0.3, 0.4) is 0 Å². The summed E-state index contributed by atoms with van der Waals surface area (Å²) in [5.74, 6) is -11.5. The molecule has 0 aliphatic carbocycles. The molecule has 0 saturated heterocycles. The highest BCUT2D eigenvalue weighted by Gasteiger charge is 2.27. The first kappa shape index (κ1) is 14.3. The topological polar surface area (TPSA) is 9.23 Å². The summed E-state index contributed by atoms with van der Waals surface area (Å²) >= 11 is 4.37. The van der Waals surface area contributed by atoms with Crippen molar-refractivity contribution >= 4 is 27.3 Å². The average Bonchev–Trinajstić information content (AvgIpc) is 2.80. The largest absolute Gasteiger partial charge is 0.482 e. The second-order valence-electron chi connectivity index (χ2n) is 3.42. The van der Waals surface area contributed by atoms with Crippen LogP contribution in [0.2, 0.25) is 0 Å². The Morgan fingerprint density at radius 1 is 0.947 bits per heavy atom. The zero-order chi connectivity index (χ0) is 14.2. The Balaban J connectivity index is 2.30. The van der Waals surface area contributed by atoms with Crippen LogP contribution < -0.4 is 4.74 Å². The van der Waals surface area contributed by atoms with Gasteiger partial charge in [-0.15, -0.1) is 11.3 Å². The lowest BCUT2D eigenvalue weighted by molar-refractivity contribution is 0.255. The van der Waals surface area contributed by atoms with Crippen LogP contribution in [0.1, 0.15) is 4.88 Å². The average molecular weight is 359 g/mol. The van der Waals surface area contributed by atoms with Crippen molar-refractivity contribution in [2.75, 3.05) is 0 Å². The zero-order valence-electron chi connectivity index (χ0n) is 8.95. The van der Waals surface area contributed by atoms with E-state index in [9.17, 15) is 22.0 Å². The molecular weight excluding hydrogens is 355 g/mol. The third kappa shape index (κ3) is 2.74.